The largest absolute Gasteiger partial charge is 0.388 e. The summed E-state index contributed by atoms with van der Waals surface area (Å²) in [4.78, 5) is 4.09. The summed E-state index contributed by atoms with van der Waals surface area (Å²) in [5, 5.41) is 12.9. The molecule has 14 heavy (non-hydrogen) atoms. The molecule has 0 amide bonds. The summed E-state index contributed by atoms with van der Waals surface area (Å²) in [5.41, 5.74) is 0.136. The highest BCUT2D eigenvalue weighted by molar-refractivity contribution is 9.10. The molecule has 0 aliphatic rings. The Bertz CT molecular complexity index is 309. The summed E-state index contributed by atoms with van der Waals surface area (Å²) >= 11 is 3.34. The molecule has 0 spiro atoms. The molecular formula is C10H15BrN2O. The van der Waals surface area contributed by atoms with Crippen LogP contribution in [0.15, 0.2) is 22.9 Å². The number of anilines is 1. The van der Waals surface area contributed by atoms with Crippen LogP contribution in [0.2, 0.25) is 0 Å². The van der Waals surface area contributed by atoms with Crippen LogP contribution < -0.4 is 5.32 Å². The summed E-state index contributed by atoms with van der Waals surface area (Å²) in [5.74, 6) is 0. The lowest BCUT2D eigenvalue weighted by atomic mass is 10.0. The van der Waals surface area contributed by atoms with Gasteiger partial charge in [0, 0.05) is 6.20 Å². The van der Waals surface area contributed by atoms with Gasteiger partial charge in [-0.3, -0.25) is 0 Å². The highest BCUT2D eigenvalue weighted by Crippen LogP contribution is 2.21. The van der Waals surface area contributed by atoms with Crippen molar-refractivity contribution in [1.29, 1.82) is 0 Å². The number of nitrogens with one attached hydrogen (secondary N) is 1. The number of hydrogen-bond donors (Lipinski definition) is 2. The molecule has 0 aliphatic heterocycles. The van der Waals surface area contributed by atoms with E-state index in [4.69, 9.17) is 0 Å². The van der Waals surface area contributed by atoms with Crippen molar-refractivity contribution in [3.63, 3.8) is 0 Å². The maximum Gasteiger partial charge on any atom is 0.129 e. The number of aromatic nitrogens is 1. The van der Waals surface area contributed by atoms with Crippen LogP contribution in [0, 0.1) is 0 Å². The second kappa shape index (κ2) is 4.28. The number of aliphatic hydroxyl groups is 1. The fraction of sp³-hybridized carbons (Fsp3) is 0.500. The van der Waals surface area contributed by atoms with Crippen molar-refractivity contribution < 1.29 is 5.11 Å². The maximum atomic E-state index is 9.74. The van der Waals surface area contributed by atoms with Crippen molar-refractivity contribution in [1.82, 2.24) is 4.98 Å². The van der Waals surface area contributed by atoms with Crippen molar-refractivity contribution in [2.24, 2.45) is 0 Å². The van der Waals surface area contributed by atoms with Crippen LogP contribution in [0.1, 0.15) is 20.8 Å². The van der Waals surface area contributed by atoms with Crippen molar-refractivity contribution in [3.8, 4) is 0 Å². The average Bonchev–Trinajstić information content (AvgIpc) is 2.07. The minimum absolute atomic E-state index is 0.0389. The first-order valence-corrected chi connectivity index (χ1v) is 5.30. The van der Waals surface area contributed by atoms with Gasteiger partial charge in [0.25, 0.3) is 0 Å². The molecule has 0 bridgehead atoms. The highest BCUT2D eigenvalue weighted by atomic mass is 79.9. The van der Waals surface area contributed by atoms with Gasteiger partial charge in [-0.2, -0.15) is 0 Å². The Balaban J connectivity index is 2.75. The van der Waals surface area contributed by atoms with Gasteiger partial charge in [-0.15, -0.1) is 0 Å². The van der Waals surface area contributed by atoms with Gasteiger partial charge in [0.2, 0.25) is 0 Å². The fourth-order valence-electron chi connectivity index (χ4n) is 0.904. The van der Waals surface area contributed by atoms with E-state index in [2.05, 4.69) is 26.2 Å². The number of hydrogen-bond acceptors (Lipinski definition) is 3. The summed E-state index contributed by atoms with van der Waals surface area (Å²) in [6.45, 7) is 5.48. The van der Waals surface area contributed by atoms with Crippen LogP contribution in [-0.2, 0) is 0 Å². The molecule has 1 aromatic rings. The molecule has 78 valence electrons. The predicted molar refractivity (Wildman–Crippen MR) is 61.3 cm³/mol. The standard InChI is InChI=1S/C10H15BrN2O/c1-7(10(2,3)14)13-8-5-4-6-12-9(8)11/h4-7,13-14H,1-3H3. The van der Waals surface area contributed by atoms with Crippen LogP contribution in [0.4, 0.5) is 5.69 Å². The molecule has 0 saturated heterocycles. The number of pyridine rings is 1. The Labute approximate surface area is 92.7 Å². The Morgan fingerprint density at radius 3 is 2.71 bits per heavy atom. The van der Waals surface area contributed by atoms with Crippen LogP contribution in [0.5, 0.6) is 0 Å². The summed E-state index contributed by atoms with van der Waals surface area (Å²) in [7, 11) is 0. The molecule has 0 radical (unpaired) electrons. The zero-order chi connectivity index (χ0) is 10.8. The van der Waals surface area contributed by atoms with Crippen LogP contribution in [0.25, 0.3) is 0 Å². The predicted octanol–water partition coefficient (Wildman–Crippen LogP) is 2.42. The van der Waals surface area contributed by atoms with Gasteiger partial charge in [-0.05, 0) is 48.8 Å². The van der Waals surface area contributed by atoms with Crippen molar-refractivity contribution in [3.05, 3.63) is 22.9 Å². The Hall–Kier alpha value is -0.610. The van der Waals surface area contributed by atoms with Crippen molar-refractivity contribution in [2.45, 2.75) is 32.4 Å². The molecule has 0 saturated carbocycles. The molecule has 1 heterocycles. The van der Waals surface area contributed by atoms with E-state index in [1.165, 1.54) is 0 Å². The lowest BCUT2D eigenvalue weighted by Crippen LogP contribution is -2.39. The second-order valence-corrected chi connectivity index (χ2v) is 4.61. The quantitative estimate of drug-likeness (QED) is 0.819. The number of rotatable bonds is 3. The van der Waals surface area contributed by atoms with Gasteiger partial charge in [-0.1, -0.05) is 0 Å². The first kappa shape index (κ1) is 11.5. The third kappa shape index (κ3) is 2.96. The van der Waals surface area contributed by atoms with Gasteiger partial charge in [0.05, 0.1) is 17.3 Å². The van der Waals surface area contributed by atoms with E-state index in [1.54, 1.807) is 20.0 Å². The van der Waals surface area contributed by atoms with Gasteiger partial charge in [-0.25, -0.2) is 4.98 Å². The minimum Gasteiger partial charge on any atom is -0.388 e. The summed E-state index contributed by atoms with van der Waals surface area (Å²) in [6, 6.07) is 3.73. The van der Waals surface area contributed by atoms with Gasteiger partial charge >= 0.3 is 0 Å². The molecule has 2 N–H and O–H groups in total. The SMILES string of the molecule is CC(Nc1cccnc1Br)C(C)(C)O. The van der Waals surface area contributed by atoms with Gasteiger partial charge in [0.1, 0.15) is 4.60 Å². The summed E-state index contributed by atoms with van der Waals surface area (Å²) in [6.07, 6.45) is 1.71. The topological polar surface area (TPSA) is 45.2 Å². The van der Waals surface area contributed by atoms with E-state index in [-0.39, 0.29) is 6.04 Å². The van der Waals surface area contributed by atoms with Crippen LogP contribution in [-0.4, -0.2) is 21.7 Å². The van der Waals surface area contributed by atoms with Crippen LogP contribution >= 0.6 is 15.9 Å². The average molecular weight is 259 g/mol. The summed E-state index contributed by atoms with van der Waals surface area (Å²) < 4.78 is 0.760. The number of halogens is 1. The van der Waals surface area contributed by atoms with Gasteiger partial charge in [0.15, 0.2) is 0 Å². The monoisotopic (exact) mass is 258 g/mol. The first-order chi connectivity index (χ1) is 6.41. The zero-order valence-corrected chi connectivity index (χ0v) is 10.2. The second-order valence-electron chi connectivity index (χ2n) is 3.86. The minimum atomic E-state index is -0.755. The van der Waals surface area contributed by atoms with E-state index in [1.807, 2.05) is 19.1 Å². The maximum absolute atomic E-state index is 9.74. The Morgan fingerprint density at radius 1 is 1.57 bits per heavy atom. The van der Waals surface area contributed by atoms with E-state index in [0.29, 0.717) is 0 Å². The van der Waals surface area contributed by atoms with E-state index in [0.717, 1.165) is 10.3 Å². The molecule has 1 aromatic heterocycles. The van der Waals surface area contributed by atoms with Gasteiger partial charge < -0.3 is 10.4 Å². The number of nitrogens with zero attached hydrogens (tertiary/aromatic N) is 1. The van der Waals surface area contributed by atoms with E-state index < -0.39 is 5.60 Å². The molecule has 4 heteroatoms. The lowest BCUT2D eigenvalue weighted by molar-refractivity contribution is 0.0649. The Kier molecular flexibility index (Phi) is 3.50. The molecule has 1 atom stereocenters. The molecule has 1 rings (SSSR count). The van der Waals surface area contributed by atoms with E-state index >= 15 is 0 Å². The molecule has 1 unspecified atom stereocenters. The molecule has 0 fully saturated rings. The molecular weight excluding hydrogens is 244 g/mol. The zero-order valence-electron chi connectivity index (χ0n) is 8.58. The molecule has 0 aromatic carbocycles. The molecule has 0 aliphatic carbocycles. The third-order valence-corrected chi connectivity index (χ3v) is 2.82. The normalized spacial score (nSPS) is 13.8. The fourth-order valence-corrected chi connectivity index (χ4v) is 1.27. The Morgan fingerprint density at radius 2 is 2.21 bits per heavy atom. The van der Waals surface area contributed by atoms with Crippen molar-refractivity contribution in [2.75, 3.05) is 5.32 Å². The van der Waals surface area contributed by atoms with Crippen LogP contribution in [0.3, 0.4) is 0 Å². The smallest absolute Gasteiger partial charge is 0.129 e. The lowest BCUT2D eigenvalue weighted by Gasteiger charge is -2.27. The van der Waals surface area contributed by atoms with Crippen molar-refractivity contribution >= 4 is 21.6 Å². The highest BCUT2D eigenvalue weighted by Gasteiger charge is 2.22. The third-order valence-electron chi connectivity index (χ3n) is 2.19. The van der Waals surface area contributed by atoms with E-state index in [9.17, 15) is 5.11 Å². The first-order valence-electron chi connectivity index (χ1n) is 4.50. The molecule has 3 nitrogen and oxygen atoms in total.